The Morgan fingerprint density at radius 3 is 2.56 bits per heavy atom. The molecular formula is C22H23Cl2F3N4O. The van der Waals surface area contributed by atoms with Crippen molar-refractivity contribution in [3.63, 3.8) is 0 Å². The molecule has 0 bridgehead atoms. The van der Waals surface area contributed by atoms with Crippen molar-refractivity contribution in [1.82, 2.24) is 15.6 Å². The molecule has 1 heterocycles. The molecule has 10 heteroatoms. The van der Waals surface area contributed by atoms with Gasteiger partial charge in [0.05, 0.1) is 21.7 Å². The molecule has 0 aliphatic rings. The number of alkyl halides is 3. The van der Waals surface area contributed by atoms with E-state index < -0.39 is 11.7 Å². The van der Waals surface area contributed by atoms with Crippen molar-refractivity contribution in [2.75, 3.05) is 25.5 Å². The van der Waals surface area contributed by atoms with Crippen molar-refractivity contribution in [2.24, 2.45) is 0 Å². The number of aromatic nitrogens is 1. The van der Waals surface area contributed by atoms with Gasteiger partial charge >= 0.3 is 6.18 Å². The van der Waals surface area contributed by atoms with Gasteiger partial charge in [0.2, 0.25) is 0 Å². The van der Waals surface area contributed by atoms with Crippen LogP contribution in [0.2, 0.25) is 5.02 Å². The normalized spacial score (nSPS) is 11.2. The summed E-state index contributed by atoms with van der Waals surface area (Å²) in [4.78, 5) is 16.7. The minimum atomic E-state index is -4.47. The van der Waals surface area contributed by atoms with Crippen molar-refractivity contribution in [1.29, 1.82) is 0 Å². The quantitative estimate of drug-likeness (QED) is 0.379. The Kier molecular flexibility index (Phi) is 9.12. The number of halogens is 5. The van der Waals surface area contributed by atoms with Crippen molar-refractivity contribution in [2.45, 2.75) is 19.1 Å². The fraction of sp³-hybridized carbons (Fsp3) is 0.273. The standard InChI is InChI=1S/C22H22ClF3N4O.ClH/c1-27-21(31)16-12-20(30-19-6-3-2-5-15(16)19)29-10-4-9-28-13-14-7-8-18(23)17(11-14)22(24,25)26;/h2-3,5-8,11-12,28H,4,9-10,13H2,1H3,(H,27,31)(H,29,30);1H. The Balaban J connectivity index is 0.00000363. The second kappa shape index (κ2) is 11.4. The summed E-state index contributed by atoms with van der Waals surface area (Å²) in [5.74, 6) is 0.398. The van der Waals surface area contributed by atoms with E-state index in [4.69, 9.17) is 11.6 Å². The van der Waals surface area contributed by atoms with Gasteiger partial charge in [0.1, 0.15) is 5.82 Å². The van der Waals surface area contributed by atoms with E-state index in [-0.39, 0.29) is 23.3 Å². The molecule has 0 aliphatic carbocycles. The molecule has 0 radical (unpaired) electrons. The lowest BCUT2D eigenvalue weighted by Crippen LogP contribution is -2.20. The smallest absolute Gasteiger partial charge is 0.370 e. The zero-order chi connectivity index (χ0) is 22.4. The molecule has 172 valence electrons. The number of hydrogen-bond donors (Lipinski definition) is 3. The fourth-order valence-corrected chi connectivity index (χ4v) is 3.38. The molecule has 5 nitrogen and oxygen atoms in total. The van der Waals surface area contributed by atoms with E-state index in [1.807, 2.05) is 24.3 Å². The zero-order valence-corrected chi connectivity index (χ0v) is 18.8. The number of benzene rings is 2. The Bertz CT molecular complexity index is 1080. The highest BCUT2D eigenvalue weighted by atomic mass is 35.5. The van der Waals surface area contributed by atoms with Crippen molar-refractivity contribution in [3.8, 4) is 0 Å². The number of carbonyl (C=O) groups excluding carboxylic acids is 1. The number of nitrogens with one attached hydrogen (secondary N) is 3. The molecule has 1 amide bonds. The van der Waals surface area contributed by atoms with Crippen LogP contribution in [-0.4, -0.2) is 31.0 Å². The maximum atomic E-state index is 12.9. The maximum Gasteiger partial charge on any atom is 0.417 e. The largest absolute Gasteiger partial charge is 0.417 e. The van der Waals surface area contributed by atoms with Gasteiger partial charge in [0.25, 0.3) is 5.91 Å². The van der Waals surface area contributed by atoms with E-state index >= 15 is 0 Å². The summed E-state index contributed by atoms with van der Waals surface area (Å²) in [6, 6.07) is 13.0. The van der Waals surface area contributed by atoms with Gasteiger partial charge in [-0.25, -0.2) is 4.98 Å². The lowest BCUT2D eigenvalue weighted by Gasteiger charge is -2.12. The third-order valence-corrected chi connectivity index (χ3v) is 5.02. The number of nitrogens with zero attached hydrogens (tertiary/aromatic N) is 1. The van der Waals surface area contributed by atoms with E-state index in [2.05, 4.69) is 20.9 Å². The molecule has 3 aromatic rings. The summed E-state index contributed by atoms with van der Waals surface area (Å²) >= 11 is 5.64. The van der Waals surface area contributed by atoms with E-state index in [0.717, 1.165) is 11.5 Å². The second-order valence-corrected chi connectivity index (χ2v) is 7.33. The average Bonchev–Trinajstić information content (AvgIpc) is 2.75. The van der Waals surface area contributed by atoms with Crippen LogP contribution in [0.1, 0.15) is 27.9 Å². The highest BCUT2D eigenvalue weighted by Gasteiger charge is 2.33. The lowest BCUT2D eigenvalue weighted by molar-refractivity contribution is -0.137. The summed E-state index contributed by atoms with van der Waals surface area (Å²) in [6.45, 7) is 1.47. The summed E-state index contributed by atoms with van der Waals surface area (Å²) in [6.07, 6.45) is -3.76. The second-order valence-electron chi connectivity index (χ2n) is 6.92. The Morgan fingerprint density at radius 1 is 1.09 bits per heavy atom. The Morgan fingerprint density at radius 2 is 1.84 bits per heavy atom. The number of pyridine rings is 1. The zero-order valence-electron chi connectivity index (χ0n) is 17.2. The summed E-state index contributed by atoms with van der Waals surface area (Å²) < 4.78 is 38.8. The number of amides is 1. The van der Waals surface area contributed by atoms with Crippen LogP contribution in [0.15, 0.2) is 48.5 Å². The molecule has 3 rings (SSSR count). The van der Waals surface area contributed by atoms with Crippen LogP contribution in [-0.2, 0) is 12.7 Å². The van der Waals surface area contributed by atoms with E-state index in [9.17, 15) is 18.0 Å². The topological polar surface area (TPSA) is 66.1 Å². The van der Waals surface area contributed by atoms with Crippen LogP contribution < -0.4 is 16.0 Å². The van der Waals surface area contributed by atoms with Crippen molar-refractivity contribution >= 4 is 46.6 Å². The Labute approximate surface area is 195 Å². The molecule has 0 saturated heterocycles. The van der Waals surface area contributed by atoms with Gasteiger partial charge in [0.15, 0.2) is 0 Å². The number of carbonyl (C=O) groups is 1. The van der Waals surface area contributed by atoms with Crippen molar-refractivity contribution in [3.05, 3.63) is 70.2 Å². The molecule has 2 aromatic carbocycles. The molecule has 0 unspecified atom stereocenters. The van der Waals surface area contributed by atoms with Crippen LogP contribution in [0.5, 0.6) is 0 Å². The lowest BCUT2D eigenvalue weighted by atomic mass is 10.1. The van der Waals surface area contributed by atoms with Crippen LogP contribution in [0.4, 0.5) is 19.0 Å². The third kappa shape index (κ3) is 6.48. The summed E-state index contributed by atoms with van der Waals surface area (Å²) in [5.41, 5.74) is 0.935. The van der Waals surface area contributed by atoms with Gasteiger partial charge in [-0.1, -0.05) is 35.9 Å². The molecule has 3 N–H and O–H groups in total. The number of hydrogen-bond acceptors (Lipinski definition) is 4. The molecule has 1 aromatic heterocycles. The first-order chi connectivity index (χ1) is 14.8. The minimum absolute atomic E-state index is 0. The Hall–Kier alpha value is -2.55. The fourth-order valence-electron chi connectivity index (χ4n) is 3.15. The molecule has 0 aliphatic heterocycles. The molecule has 0 spiro atoms. The molecule has 0 atom stereocenters. The van der Waals surface area contributed by atoms with Crippen LogP contribution in [0, 0.1) is 0 Å². The number of anilines is 1. The third-order valence-electron chi connectivity index (χ3n) is 4.69. The monoisotopic (exact) mass is 486 g/mol. The van der Waals surface area contributed by atoms with E-state index in [1.165, 1.54) is 6.07 Å². The number of fused-ring (bicyclic) bond motifs is 1. The van der Waals surface area contributed by atoms with Gasteiger partial charge < -0.3 is 16.0 Å². The number of rotatable bonds is 8. The average molecular weight is 487 g/mol. The first-order valence-electron chi connectivity index (χ1n) is 9.71. The highest BCUT2D eigenvalue weighted by Crippen LogP contribution is 2.35. The van der Waals surface area contributed by atoms with Crippen molar-refractivity contribution < 1.29 is 18.0 Å². The maximum absolute atomic E-state index is 12.9. The molecule has 0 fully saturated rings. The van der Waals surface area contributed by atoms with Gasteiger partial charge in [-0.2, -0.15) is 13.2 Å². The summed E-state index contributed by atoms with van der Waals surface area (Å²) in [7, 11) is 1.58. The first-order valence-corrected chi connectivity index (χ1v) is 10.1. The molecular weight excluding hydrogens is 464 g/mol. The first kappa shape index (κ1) is 25.7. The SMILES string of the molecule is CNC(=O)c1cc(NCCCNCc2ccc(Cl)c(C(F)(F)F)c2)nc2ccccc12.Cl. The van der Waals surface area contributed by atoms with Gasteiger partial charge in [-0.05, 0) is 42.8 Å². The van der Waals surface area contributed by atoms with Crippen LogP contribution in [0.25, 0.3) is 10.9 Å². The van der Waals surface area contributed by atoms with E-state index in [0.29, 0.717) is 48.5 Å². The van der Waals surface area contributed by atoms with Gasteiger partial charge in [-0.15, -0.1) is 12.4 Å². The number of para-hydroxylation sites is 1. The highest BCUT2D eigenvalue weighted by molar-refractivity contribution is 6.31. The van der Waals surface area contributed by atoms with Gasteiger partial charge in [-0.3, -0.25) is 4.79 Å². The minimum Gasteiger partial charge on any atom is -0.370 e. The van der Waals surface area contributed by atoms with Crippen LogP contribution >= 0.6 is 24.0 Å². The molecule has 32 heavy (non-hydrogen) atoms. The predicted octanol–water partition coefficient (Wildman–Crippen LogP) is 5.28. The molecule has 0 saturated carbocycles. The van der Waals surface area contributed by atoms with E-state index in [1.54, 1.807) is 19.2 Å². The van der Waals surface area contributed by atoms with Crippen LogP contribution in [0.3, 0.4) is 0 Å². The predicted molar refractivity (Wildman–Crippen MR) is 124 cm³/mol. The van der Waals surface area contributed by atoms with Gasteiger partial charge in [0, 0.05) is 25.5 Å². The summed E-state index contributed by atoms with van der Waals surface area (Å²) in [5, 5.41) is 9.41.